The van der Waals surface area contributed by atoms with E-state index in [0.717, 1.165) is 22.0 Å². The predicted molar refractivity (Wildman–Crippen MR) is 97.0 cm³/mol. The van der Waals surface area contributed by atoms with Crippen LogP contribution in [-0.2, 0) is 9.53 Å². The summed E-state index contributed by atoms with van der Waals surface area (Å²) in [5, 5.41) is 0. The van der Waals surface area contributed by atoms with Crippen LogP contribution in [0.4, 0.5) is 4.79 Å². The molecule has 2 fully saturated rings. The average Bonchev–Trinajstić information content (AvgIpc) is 3.36. The zero-order chi connectivity index (χ0) is 17.6. The van der Waals surface area contributed by atoms with Crippen molar-refractivity contribution in [1.82, 2.24) is 4.90 Å². The first-order valence-electron chi connectivity index (χ1n) is 8.40. The zero-order valence-corrected chi connectivity index (χ0v) is 15.3. The number of benzene rings is 2. The molecule has 25 heavy (non-hydrogen) atoms. The molecular formula is C20H18BrNO3. The number of hydrogen-bond acceptors (Lipinski definition) is 3. The lowest BCUT2D eigenvalue weighted by Gasteiger charge is -2.19. The van der Waals surface area contributed by atoms with Gasteiger partial charge >= 0.3 is 6.09 Å². The van der Waals surface area contributed by atoms with Crippen LogP contribution in [0.3, 0.4) is 0 Å². The molecule has 1 saturated heterocycles. The minimum absolute atomic E-state index is 0.121. The third-order valence-corrected chi connectivity index (χ3v) is 5.57. The topological polar surface area (TPSA) is 46.6 Å². The van der Waals surface area contributed by atoms with Gasteiger partial charge in [-0.25, -0.2) is 9.69 Å². The number of ether oxygens (including phenoxy) is 1. The third kappa shape index (κ3) is 2.97. The van der Waals surface area contributed by atoms with Gasteiger partial charge in [0.25, 0.3) is 0 Å². The van der Waals surface area contributed by atoms with E-state index in [1.807, 2.05) is 61.5 Å². The van der Waals surface area contributed by atoms with Crippen molar-refractivity contribution < 1.29 is 14.3 Å². The summed E-state index contributed by atoms with van der Waals surface area (Å²) in [4.78, 5) is 26.5. The van der Waals surface area contributed by atoms with Crippen molar-refractivity contribution in [3.05, 3.63) is 70.2 Å². The number of carbonyl (C=O) groups excluding carboxylic acids is 2. The van der Waals surface area contributed by atoms with Gasteiger partial charge in [0.2, 0.25) is 5.91 Å². The van der Waals surface area contributed by atoms with Gasteiger partial charge in [0.1, 0.15) is 6.10 Å². The Hall–Kier alpha value is -2.14. The molecule has 1 aliphatic heterocycles. The Labute approximate surface area is 154 Å². The summed E-state index contributed by atoms with van der Waals surface area (Å²) >= 11 is 3.42. The molecule has 2 unspecified atom stereocenters. The summed E-state index contributed by atoms with van der Waals surface area (Å²) in [6.07, 6.45) is -0.150. The first-order valence-corrected chi connectivity index (χ1v) is 9.19. The highest BCUT2D eigenvalue weighted by atomic mass is 79.9. The minimum Gasteiger partial charge on any atom is -0.439 e. The molecule has 2 aromatic rings. The normalized spacial score (nSPS) is 27.9. The van der Waals surface area contributed by atoms with Gasteiger partial charge in [0.15, 0.2) is 0 Å². The number of halogens is 1. The number of nitrogens with zero attached hydrogens (tertiary/aromatic N) is 1. The highest BCUT2D eigenvalue weighted by Gasteiger charge is 2.52. The van der Waals surface area contributed by atoms with Gasteiger partial charge in [-0.1, -0.05) is 58.4 Å². The Morgan fingerprint density at radius 2 is 1.76 bits per heavy atom. The van der Waals surface area contributed by atoms with E-state index in [4.69, 9.17) is 4.74 Å². The molecule has 2 aromatic carbocycles. The van der Waals surface area contributed by atoms with Crippen LogP contribution in [0.1, 0.15) is 36.5 Å². The van der Waals surface area contributed by atoms with Gasteiger partial charge in [-0.05, 0) is 42.5 Å². The number of cyclic esters (lactones) is 1. The second-order valence-corrected chi connectivity index (χ2v) is 7.58. The Morgan fingerprint density at radius 1 is 1.08 bits per heavy atom. The maximum atomic E-state index is 12.9. The molecule has 4 atom stereocenters. The fourth-order valence-corrected chi connectivity index (χ4v) is 3.83. The van der Waals surface area contributed by atoms with Crippen LogP contribution in [0.15, 0.2) is 59.1 Å². The highest BCUT2D eigenvalue weighted by Crippen LogP contribution is 2.50. The van der Waals surface area contributed by atoms with E-state index in [-0.39, 0.29) is 23.8 Å². The van der Waals surface area contributed by atoms with Crippen LogP contribution in [-0.4, -0.2) is 22.9 Å². The molecule has 0 spiro atoms. The molecule has 1 saturated carbocycles. The Morgan fingerprint density at radius 3 is 2.44 bits per heavy atom. The zero-order valence-electron chi connectivity index (χ0n) is 13.8. The van der Waals surface area contributed by atoms with Gasteiger partial charge in [-0.2, -0.15) is 0 Å². The molecule has 0 aromatic heterocycles. The summed E-state index contributed by atoms with van der Waals surface area (Å²) in [7, 11) is 0. The van der Waals surface area contributed by atoms with E-state index in [9.17, 15) is 9.59 Å². The van der Waals surface area contributed by atoms with Crippen LogP contribution in [0, 0.1) is 5.92 Å². The second-order valence-electron chi connectivity index (χ2n) is 6.66. The van der Waals surface area contributed by atoms with Crippen molar-refractivity contribution in [2.45, 2.75) is 31.4 Å². The molecular weight excluding hydrogens is 382 g/mol. The number of rotatable bonds is 3. The van der Waals surface area contributed by atoms with Gasteiger partial charge < -0.3 is 4.74 Å². The summed E-state index contributed by atoms with van der Waals surface area (Å²) in [5.41, 5.74) is 2.06. The minimum atomic E-state index is -0.534. The summed E-state index contributed by atoms with van der Waals surface area (Å²) < 4.78 is 6.50. The maximum Gasteiger partial charge on any atom is 0.417 e. The first-order chi connectivity index (χ1) is 12.1. The van der Waals surface area contributed by atoms with E-state index in [2.05, 4.69) is 15.9 Å². The van der Waals surface area contributed by atoms with E-state index in [1.165, 1.54) is 4.90 Å². The number of imide groups is 1. The molecule has 0 radical (unpaired) electrons. The Kier molecular flexibility index (Phi) is 4.12. The van der Waals surface area contributed by atoms with Crippen molar-refractivity contribution in [3.8, 4) is 0 Å². The lowest BCUT2D eigenvalue weighted by molar-refractivity contribution is -0.130. The number of amides is 2. The first kappa shape index (κ1) is 16.3. The van der Waals surface area contributed by atoms with Crippen LogP contribution >= 0.6 is 15.9 Å². The highest BCUT2D eigenvalue weighted by molar-refractivity contribution is 9.10. The number of carbonyl (C=O) groups is 2. The quantitative estimate of drug-likeness (QED) is 0.753. The maximum absolute atomic E-state index is 12.9. The van der Waals surface area contributed by atoms with E-state index in [1.54, 1.807) is 0 Å². The number of hydrogen-bond donors (Lipinski definition) is 0. The fourth-order valence-electron chi connectivity index (χ4n) is 3.57. The lowest BCUT2D eigenvalue weighted by atomic mass is 10.0. The monoisotopic (exact) mass is 399 g/mol. The van der Waals surface area contributed by atoms with Crippen molar-refractivity contribution in [3.63, 3.8) is 0 Å². The molecule has 4 nitrogen and oxygen atoms in total. The molecule has 1 aliphatic carbocycles. The molecule has 4 rings (SSSR count). The predicted octanol–water partition coefficient (Wildman–Crippen LogP) is 4.66. The second kappa shape index (κ2) is 6.30. The van der Waals surface area contributed by atoms with Crippen LogP contribution < -0.4 is 0 Å². The van der Waals surface area contributed by atoms with Crippen molar-refractivity contribution in [1.29, 1.82) is 0 Å². The van der Waals surface area contributed by atoms with Gasteiger partial charge in [0.05, 0.1) is 6.04 Å². The summed E-state index contributed by atoms with van der Waals surface area (Å²) in [6, 6.07) is 17.3. The molecule has 2 aliphatic rings. The van der Waals surface area contributed by atoms with E-state index >= 15 is 0 Å². The van der Waals surface area contributed by atoms with Crippen molar-refractivity contribution in [2.24, 2.45) is 5.92 Å². The van der Waals surface area contributed by atoms with Crippen molar-refractivity contribution >= 4 is 27.9 Å². The van der Waals surface area contributed by atoms with Crippen LogP contribution in [0.25, 0.3) is 0 Å². The van der Waals surface area contributed by atoms with Gasteiger partial charge in [-0.3, -0.25) is 4.79 Å². The fraction of sp³-hybridized carbons (Fsp3) is 0.300. The molecule has 0 N–H and O–H groups in total. The van der Waals surface area contributed by atoms with Crippen LogP contribution in [0.5, 0.6) is 0 Å². The standard InChI is InChI=1S/C20H18BrNO3/c1-12-18(14-5-3-2-4-6-14)25-20(24)22(12)19(23)17-11-16(17)13-7-9-15(21)10-8-13/h2-10,12,16-18H,11H2,1H3/t12-,16?,17?,18-/m0/s1. The van der Waals surface area contributed by atoms with Crippen LogP contribution in [0.2, 0.25) is 0 Å². The summed E-state index contributed by atoms with van der Waals surface area (Å²) in [6.45, 7) is 1.87. The Bertz CT molecular complexity index is 805. The Balaban J connectivity index is 1.49. The van der Waals surface area contributed by atoms with Gasteiger partial charge in [0, 0.05) is 10.4 Å². The van der Waals surface area contributed by atoms with E-state index in [0.29, 0.717) is 0 Å². The summed E-state index contributed by atoms with van der Waals surface area (Å²) in [5.74, 6) is -0.0640. The van der Waals surface area contributed by atoms with Gasteiger partial charge in [-0.15, -0.1) is 0 Å². The van der Waals surface area contributed by atoms with E-state index < -0.39 is 12.2 Å². The SMILES string of the molecule is C[C@H]1[C@@H](c2ccccc2)OC(=O)N1C(=O)C1CC1c1ccc(Br)cc1. The smallest absolute Gasteiger partial charge is 0.417 e. The molecule has 0 bridgehead atoms. The molecule has 2 amide bonds. The molecule has 128 valence electrons. The van der Waals surface area contributed by atoms with Crippen molar-refractivity contribution in [2.75, 3.05) is 0 Å². The molecule has 1 heterocycles. The lowest BCUT2D eigenvalue weighted by Crippen LogP contribution is -2.39. The average molecular weight is 400 g/mol. The largest absolute Gasteiger partial charge is 0.439 e. The third-order valence-electron chi connectivity index (χ3n) is 5.04. The molecule has 5 heteroatoms.